The maximum atomic E-state index is 11.9. The number of carbonyl (C=O) groups excluding carboxylic acids is 1. The lowest BCUT2D eigenvalue weighted by Gasteiger charge is -2.11. The molecule has 128 valence electrons. The van der Waals surface area contributed by atoms with Gasteiger partial charge in [-0.2, -0.15) is 0 Å². The molecule has 0 aliphatic heterocycles. The molecule has 0 unspecified atom stereocenters. The van der Waals surface area contributed by atoms with Crippen LogP contribution in [0.1, 0.15) is 12.7 Å². The number of rotatable bonds is 8. The first-order valence-corrected chi connectivity index (χ1v) is 8.59. The summed E-state index contributed by atoms with van der Waals surface area (Å²) in [7, 11) is 1.84. The molecule has 1 amide bonds. The number of nitrogens with one attached hydrogen (secondary N) is 1. The Morgan fingerprint density at radius 2 is 2.25 bits per heavy atom. The SMILES string of the molecule is C=CCNC(=O)[C@@H](C)Sc1nnc(COc2ccccc2Cl)n1C. The van der Waals surface area contributed by atoms with Crippen LogP contribution in [0, 0.1) is 0 Å². The maximum Gasteiger partial charge on any atom is 0.233 e. The molecule has 0 saturated heterocycles. The molecule has 0 aliphatic rings. The minimum Gasteiger partial charge on any atom is -0.484 e. The Kier molecular flexibility index (Phi) is 6.69. The van der Waals surface area contributed by atoms with Crippen LogP contribution in [0.15, 0.2) is 42.1 Å². The van der Waals surface area contributed by atoms with Crippen LogP contribution in [0.25, 0.3) is 0 Å². The van der Waals surface area contributed by atoms with Crippen molar-refractivity contribution in [3.8, 4) is 5.75 Å². The van der Waals surface area contributed by atoms with E-state index in [2.05, 4.69) is 22.1 Å². The van der Waals surface area contributed by atoms with Crippen LogP contribution in [-0.2, 0) is 18.4 Å². The molecule has 0 aliphatic carbocycles. The van der Waals surface area contributed by atoms with Crippen LogP contribution in [0.2, 0.25) is 5.02 Å². The number of aromatic nitrogens is 3. The fourth-order valence-electron chi connectivity index (χ4n) is 1.81. The van der Waals surface area contributed by atoms with Crippen molar-refractivity contribution in [3.63, 3.8) is 0 Å². The highest BCUT2D eigenvalue weighted by molar-refractivity contribution is 8.00. The summed E-state index contributed by atoms with van der Waals surface area (Å²) in [6, 6.07) is 7.24. The Morgan fingerprint density at radius 1 is 1.50 bits per heavy atom. The number of halogens is 1. The van der Waals surface area contributed by atoms with Gasteiger partial charge >= 0.3 is 0 Å². The zero-order chi connectivity index (χ0) is 17.5. The van der Waals surface area contributed by atoms with Crippen molar-refractivity contribution in [1.82, 2.24) is 20.1 Å². The van der Waals surface area contributed by atoms with Gasteiger partial charge in [0.2, 0.25) is 5.91 Å². The quantitative estimate of drug-likeness (QED) is 0.574. The molecule has 1 aromatic heterocycles. The van der Waals surface area contributed by atoms with Gasteiger partial charge in [-0.25, -0.2) is 0 Å². The molecular formula is C16H19ClN4O2S. The third-order valence-electron chi connectivity index (χ3n) is 3.19. The summed E-state index contributed by atoms with van der Waals surface area (Å²) in [4.78, 5) is 11.9. The molecule has 1 atom stereocenters. The summed E-state index contributed by atoms with van der Waals surface area (Å²) in [5.74, 6) is 1.17. The van der Waals surface area contributed by atoms with Crippen LogP contribution < -0.4 is 10.1 Å². The second-order valence-corrected chi connectivity index (χ2v) is 6.69. The molecule has 2 rings (SSSR count). The second-order valence-electron chi connectivity index (χ2n) is 4.97. The van der Waals surface area contributed by atoms with Crippen molar-refractivity contribution in [2.75, 3.05) is 6.54 Å². The van der Waals surface area contributed by atoms with Gasteiger partial charge in [0, 0.05) is 13.6 Å². The lowest BCUT2D eigenvalue weighted by molar-refractivity contribution is -0.120. The molecule has 24 heavy (non-hydrogen) atoms. The molecule has 0 bridgehead atoms. The molecule has 1 aromatic carbocycles. The number of thioether (sulfide) groups is 1. The topological polar surface area (TPSA) is 69.0 Å². The van der Waals surface area contributed by atoms with Gasteiger partial charge < -0.3 is 14.6 Å². The molecule has 8 heteroatoms. The molecule has 1 N–H and O–H groups in total. The number of benzene rings is 1. The van der Waals surface area contributed by atoms with Gasteiger partial charge in [-0.15, -0.1) is 16.8 Å². The first-order valence-electron chi connectivity index (χ1n) is 7.33. The molecule has 0 spiro atoms. The zero-order valence-electron chi connectivity index (χ0n) is 13.5. The maximum absolute atomic E-state index is 11.9. The fourth-order valence-corrected chi connectivity index (χ4v) is 2.85. The van der Waals surface area contributed by atoms with E-state index in [-0.39, 0.29) is 17.8 Å². The second kappa shape index (κ2) is 8.75. The van der Waals surface area contributed by atoms with Crippen molar-refractivity contribution in [2.45, 2.75) is 23.9 Å². The first kappa shape index (κ1) is 18.4. The van der Waals surface area contributed by atoms with Crippen molar-refractivity contribution < 1.29 is 9.53 Å². The standard InChI is InChI=1S/C16H19ClN4O2S/c1-4-9-18-15(22)11(2)24-16-20-19-14(21(16)3)10-23-13-8-6-5-7-12(13)17/h4-8,11H,1,9-10H2,2-3H3,(H,18,22)/t11-/m1/s1. The number of carbonyl (C=O) groups is 1. The summed E-state index contributed by atoms with van der Waals surface area (Å²) in [5.41, 5.74) is 0. The first-order chi connectivity index (χ1) is 11.5. The molecule has 0 saturated carbocycles. The Hall–Kier alpha value is -1.99. The van der Waals surface area contributed by atoms with E-state index in [1.807, 2.05) is 26.1 Å². The summed E-state index contributed by atoms with van der Waals surface area (Å²) in [6.45, 7) is 6.08. The third kappa shape index (κ3) is 4.75. The van der Waals surface area contributed by atoms with Crippen molar-refractivity contribution >= 4 is 29.3 Å². The predicted octanol–water partition coefficient (Wildman–Crippen LogP) is 2.83. The van der Waals surface area contributed by atoms with Crippen LogP contribution in [0.4, 0.5) is 0 Å². The number of amides is 1. The largest absolute Gasteiger partial charge is 0.484 e. The molecule has 6 nitrogen and oxygen atoms in total. The third-order valence-corrected chi connectivity index (χ3v) is 4.64. The number of nitrogens with zero attached hydrogens (tertiary/aromatic N) is 3. The van der Waals surface area contributed by atoms with E-state index in [1.165, 1.54) is 11.8 Å². The summed E-state index contributed by atoms with van der Waals surface area (Å²) in [5, 5.41) is 11.9. The van der Waals surface area contributed by atoms with Crippen LogP contribution in [-0.4, -0.2) is 32.5 Å². The van der Waals surface area contributed by atoms with Gasteiger partial charge in [0.25, 0.3) is 0 Å². The van der Waals surface area contributed by atoms with Gasteiger partial charge in [0.1, 0.15) is 12.4 Å². The number of hydrogen-bond donors (Lipinski definition) is 1. The van der Waals surface area contributed by atoms with Gasteiger partial charge in [0.15, 0.2) is 11.0 Å². The van der Waals surface area contributed by atoms with Gasteiger partial charge in [0.05, 0.1) is 10.3 Å². The van der Waals surface area contributed by atoms with Crippen molar-refractivity contribution in [1.29, 1.82) is 0 Å². The van der Waals surface area contributed by atoms with E-state index in [9.17, 15) is 4.79 Å². The van der Waals surface area contributed by atoms with E-state index in [0.29, 0.717) is 28.3 Å². The summed E-state index contributed by atoms with van der Waals surface area (Å²) >= 11 is 7.39. The highest BCUT2D eigenvalue weighted by Crippen LogP contribution is 2.25. The summed E-state index contributed by atoms with van der Waals surface area (Å²) < 4.78 is 7.47. The molecule has 0 fully saturated rings. The van der Waals surface area contributed by atoms with E-state index in [1.54, 1.807) is 22.8 Å². The number of hydrogen-bond acceptors (Lipinski definition) is 5. The Bertz CT molecular complexity index is 720. The van der Waals surface area contributed by atoms with E-state index in [0.717, 1.165) is 0 Å². The van der Waals surface area contributed by atoms with Crippen LogP contribution in [0.3, 0.4) is 0 Å². The predicted molar refractivity (Wildman–Crippen MR) is 95.3 cm³/mol. The Balaban J connectivity index is 1.97. The van der Waals surface area contributed by atoms with Gasteiger partial charge in [-0.3, -0.25) is 4.79 Å². The monoisotopic (exact) mass is 366 g/mol. The van der Waals surface area contributed by atoms with Gasteiger partial charge in [-0.05, 0) is 19.1 Å². The molecule has 1 heterocycles. The summed E-state index contributed by atoms with van der Waals surface area (Å²) in [6.07, 6.45) is 1.64. The van der Waals surface area contributed by atoms with Crippen molar-refractivity contribution in [3.05, 3.63) is 47.8 Å². The average molecular weight is 367 g/mol. The Morgan fingerprint density at radius 3 is 2.96 bits per heavy atom. The van der Waals surface area contributed by atoms with Crippen LogP contribution in [0.5, 0.6) is 5.75 Å². The Labute approximate surface area is 150 Å². The molecule has 2 aromatic rings. The lowest BCUT2D eigenvalue weighted by atomic mass is 10.3. The average Bonchev–Trinajstić information content (AvgIpc) is 2.92. The van der Waals surface area contributed by atoms with Gasteiger partial charge in [-0.1, -0.05) is 41.6 Å². The normalized spacial score (nSPS) is 11.8. The van der Waals surface area contributed by atoms with E-state index < -0.39 is 0 Å². The minimum absolute atomic E-state index is 0.0724. The lowest BCUT2D eigenvalue weighted by Crippen LogP contribution is -2.31. The minimum atomic E-state index is -0.287. The van der Waals surface area contributed by atoms with E-state index >= 15 is 0 Å². The zero-order valence-corrected chi connectivity index (χ0v) is 15.1. The molecular weight excluding hydrogens is 348 g/mol. The number of para-hydroxylation sites is 1. The fraction of sp³-hybridized carbons (Fsp3) is 0.312. The smallest absolute Gasteiger partial charge is 0.233 e. The number of ether oxygens (including phenoxy) is 1. The van der Waals surface area contributed by atoms with Crippen molar-refractivity contribution in [2.24, 2.45) is 7.05 Å². The highest BCUT2D eigenvalue weighted by Gasteiger charge is 2.18. The van der Waals surface area contributed by atoms with E-state index in [4.69, 9.17) is 16.3 Å². The molecule has 0 radical (unpaired) electrons. The van der Waals surface area contributed by atoms with Crippen LogP contribution >= 0.6 is 23.4 Å². The highest BCUT2D eigenvalue weighted by atomic mass is 35.5.